The third kappa shape index (κ3) is 2.40. The second-order valence-corrected chi connectivity index (χ2v) is 3.62. The first-order chi connectivity index (χ1) is 8.60. The zero-order valence-corrected chi connectivity index (χ0v) is 9.12. The van der Waals surface area contributed by atoms with Crippen LogP contribution in [0.15, 0.2) is 30.6 Å². The number of nitro groups is 1. The number of hydrogen-bond acceptors (Lipinski definition) is 4. The van der Waals surface area contributed by atoms with Crippen molar-refractivity contribution in [3.63, 3.8) is 0 Å². The second-order valence-electron chi connectivity index (χ2n) is 3.62. The number of carbonyl (C=O) groups excluding carboxylic acids is 1. The van der Waals surface area contributed by atoms with Gasteiger partial charge in [-0.2, -0.15) is 5.10 Å². The molecule has 1 aromatic heterocycles. The van der Waals surface area contributed by atoms with Crippen molar-refractivity contribution in [1.29, 1.82) is 0 Å². The summed E-state index contributed by atoms with van der Waals surface area (Å²) in [5, 5.41) is 14.6. The van der Waals surface area contributed by atoms with Crippen LogP contribution in [-0.4, -0.2) is 21.0 Å². The summed E-state index contributed by atoms with van der Waals surface area (Å²) in [6, 6.07) is 3.22. The molecule has 0 atom stereocenters. The molecule has 0 aliphatic heterocycles. The van der Waals surface area contributed by atoms with Crippen LogP contribution in [0.1, 0.15) is 15.9 Å². The lowest BCUT2D eigenvalue weighted by Crippen LogP contribution is -2.04. The van der Waals surface area contributed by atoms with Crippen molar-refractivity contribution in [2.45, 2.75) is 6.54 Å². The highest BCUT2D eigenvalue weighted by atomic mass is 19.1. The van der Waals surface area contributed by atoms with Crippen molar-refractivity contribution in [3.8, 4) is 0 Å². The number of hydrogen-bond donors (Lipinski definition) is 0. The summed E-state index contributed by atoms with van der Waals surface area (Å²) >= 11 is 0. The molecule has 0 fully saturated rings. The number of aldehydes is 1. The molecule has 0 N–H and O–H groups in total. The van der Waals surface area contributed by atoms with Crippen LogP contribution in [0.5, 0.6) is 0 Å². The number of nitro benzene ring substituents is 1. The number of rotatable bonds is 4. The maximum Gasteiger partial charge on any atom is 0.274 e. The number of nitrogens with zero attached hydrogens (tertiary/aromatic N) is 3. The van der Waals surface area contributed by atoms with Crippen LogP contribution in [0, 0.1) is 15.9 Å². The molecule has 7 heteroatoms. The highest BCUT2D eigenvalue weighted by Crippen LogP contribution is 2.20. The Bertz CT molecular complexity index is 609. The van der Waals surface area contributed by atoms with E-state index >= 15 is 0 Å². The largest absolute Gasteiger partial charge is 0.298 e. The van der Waals surface area contributed by atoms with Gasteiger partial charge in [0.05, 0.1) is 28.8 Å². The Morgan fingerprint density at radius 2 is 2.28 bits per heavy atom. The van der Waals surface area contributed by atoms with Gasteiger partial charge in [-0.05, 0) is 12.1 Å². The van der Waals surface area contributed by atoms with Gasteiger partial charge in [-0.1, -0.05) is 0 Å². The average molecular weight is 249 g/mol. The summed E-state index contributed by atoms with van der Waals surface area (Å²) in [6.45, 7) is 0.0297. The average Bonchev–Trinajstić information content (AvgIpc) is 2.76. The minimum atomic E-state index is -0.584. The van der Waals surface area contributed by atoms with Crippen LogP contribution in [-0.2, 0) is 6.54 Å². The van der Waals surface area contributed by atoms with Gasteiger partial charge in [0.25, 0.3) is 5.69 Å². The summed E-state index contributed by atoms with van der Waals surface area (Å²) in [5.41, 5.74) is 0.370. The van der Waals surface area contributed by atoms with Crippen molar-refractivity contribution >= 4 is 12.0 Å². The summed E-state index contributed by atoms with van der Waals surface area (Å²) in [4.78, 5) is 20.7. The van der Waals surface area contributed by atoms with Crippen molar-refractivity contribution in [3.05, 3.63) is 57.7 Å². The quantitative estimate of drug-likeness (QED) is 0.470. The Morgan fingerprint density at radius 3 is 2.89 bits per heavy atom. The first-order valence-corrected chi connectivity index (χ1v) is 5.00. The zero-order chi connectivity index (χ0) is 13.1. The summed E-state index contributed by atoms with van der Waals surface area (Å²) in [6.07, 6.45) is 3.38. The molecule has 0 unspecified atom stereocenters. The predicted octanol–water partition coefficient (Wildman–Crippen LogP) is 1.79. The first kappa shape index (κ1) is 11.9. The van der Waals surface area contributed by atoms with Gasteiger partial charge >= 0.3 is 0 Å². The molecule has 18 heavy (non-hydrogen) atoms. The highest BCUT2D eigenvalue weighted by Gasteiger charge is 2.15. The molecule has 92 valence electrons. The van der Waals surface area contributed by atoms with Crippen molar-refractivity contribution in [2.75, 3.05) is 0 Å². The molecule has 0 aliphatic rings. The Hall–Kier alpha value is -2.57. The Kier molecular flexibility index (Phi) is 3.13. The molecule has 0 radical (unpaired) electrons. The maximum atomic E-state index is 13.1. The Labute approximate surface area is 101 Å². The van der Waals surface area contributed by atoms with Gasteiger partial charge in [-0.15, -0.1) is 0 Å². The number of carbonyl (C=O) groups is 1. The fourth-order valence-corrected chi connectivity index (χ4v) is 1.56. The lowest BCUT2D eigenvalue weighted by Gasteiger charge is -2.03. The van der Waals surface area contributed by atoms with E-state index in [1.807, 2.05) is 0 Å². The number of benzene rings is 1. The molecule has 0 aliphatic carbocycles. The van der Waals surface area contributed by atoms with Gasteiger partial charge in [0, 0.05) is 12.3 Å². The van der Waals surface area contributed by atoms with Crippen LogP contribution in [0.2, 0.25) is 0 Å². The number of aromatic nitrogens is 2. The molecule has 2 rings (SSSR count). The topological polar surface area (TPSA) is 78.0 Å². The standard InChI is InChI=1S/C11H8FN3O3/c12-10-1-2-11(15(17)18)9(3-10)6-14-5-8(7-16)4-13-14/h1-5,7H,6H2. The first-order valence-electron chi connectivity index (χ1n) is 5.00. The van der Waals surface area contributed by atoms with E-state index in [0.29, 0.717) is 11.8 Å². The minimum absolute atomic E-state index is 0.0297. The van der Waals surface area contributed by atoms with Crippen molar-refractivity contribution < 1.29 is 14.1 Å². The fraction of sp³-hybridized carbons (Fsp3) is 0.0909. The van der Waals surface area contributed by atoms with Gasteiger partial charge in [-0.25, -0.2) is 4.39 Å². The molecule has 1 heterocycles. The van der Waals surface area contributed by atoms with Crippen LogP contribution < -0.4 is 0 Å². The van der Waals surface area contributed by atoms with Crippen molar-refractivity contribution in [1.82, 2.24) is 9.78 Å². The van der Waals surface area contributed by atoms with Gasteiger partial charge in [0.2, 0.25) is 0 Å². The van der Waals surface area contributed by atoms with E-state index in [2.05, 4.69) is 5.10 Å². The van der Waals surface area contributed by atoms with Gasteiger partial charge in [-0.3, -0.25) is 19.6 Å². The predicted molar refractivity (Wildman–Crippen MR) is 59.8 cm³/mol. The second kappa shape index (κ2) is 4.74. The van der Waals surface area contributed by atoms with Crippen LogP contribution in [0.4, 0.5) is 10.1 Å². The third-order valence-corrected chi connectivity index (χ3v) is 2.36. The zero-order valence-electron chi connectivity index (χ0n) is 9.12. The lowest BCUT2D eigenvalue weighted by atomic mass is 10.2. The van der Waals surface area contributed by atoms with Gasteiger partial charge in [0.1, 0.15) is 5.82 Å². The summed E-state index contributed by atoms with van der Waals surface area (Å²) in [7, 11) is 0. The molecule has 2 aromatic rings. The Morgan fingerprint density at radius 1 is 1.50 bits per heavy atom. The molecule has 0 saturated carbocycles. The van der Waals surface area contributed by atoms with Crippen molar-refractivity contribution in [2.24, 2.45) is 0 Å². The number of halogens is 1. The maximum absolute atomic E-state index is 13.1. The fourth-order valence-electron chi connectivity index (χ4n) is 1.56. The summed E-state index contributed by atoms with van der Waals surface area (Å²) < 4.78 is 14.4. The minimum Gasteiger partial charge on any atom is -0.298 e. The monoisotopic (exact) mass is 249 g/mol. The molecule has 6 nitrogen and oxygen atoms in total. The van der Waals surface area contributed by atoms with Gasteiger partial charge < -0.3 is 0 Å². The van der Waals surface area contributed by atoms with E-state index in [0.717, 1.165) is 18.2 Å². The highest BCUT2D eigenvalue weighted by molar-refractivity contribution is 5.73. The van der Waals surface area contributed by atoms with E-state index in [9.17, 15) is 19.3 Å². The van der Waals surface area contributed by atoms with E-state index in [1.54, 1.807) is 0 Å². The van der Waals surface area contributed by atoms with Crippen LogP contribution in [0.25, 0.3) is 0 Å². The smallest absolute Gasteiger partial charge is 0.274 e. The molecule has 0 amide bonds. The molecule has 1 aromatic carbocycles. The molecule has 0 bridgehead atoms. The van der Waals surface area contributed by atoms with E-state index in [-0.39, 0.29) is 17.8 Å². The van der Waals surface area contributed by atoms with E-state index < -0.39 is 10.7 Å². The molecule has 0 saturated heterocycles. The van der Waals surface area contributed by atoms with Crippen LogP contribution in [0.3, 0.4) is 0 Å². The van der Waals surface area contributed by atoms with E-state index in [4.69, 9.17) is 0 Å². The lowest BCUT2D eigenvalue weighted by molar-refractivity contribution is -0.385. The molecule has 0 spiro atoms. The van der Waals surface area contributed by atoms with Gasteiger partial charge in [0.15, 0.2) is 6.29 Å². The normalized spacial score (nSPS) is 10.3. The Balaban J connectivity index is 2.35. The van der Waals surface area contributed by atoms with Crippen LogP contribution >= 0.6 is 0 Å². The third-order valence-electron chi connectivity index (χ3n) is 2.36. The van der Waals surface area contributed by atoms with E-state index in [1.165, 1.54) is 17.1 Å². The SMILES string of the molecule is O=Cc1cnn(Cc2cc(F)ccc2[N+](=O)[O-])c1. The molecular weight excluding hydrogens is 241 g/mol. The summed E-state index contributed by atoms with van der Waals surface area (Å²) in [5.74, 6) is -0.557. The molecular formula is C11H8FN3O3.